The lowest BCUT2D eigenvalue weighted by Crippen LogP contribution is -2.46. The van der Waals surface area contributed by atoms with Crippen LogP contribution in [0.4, 0.5) is 0 Å². The Morgan fingerprint density at radius 1 is 0.456 bits per heavy atom. The van der Waals surface area contributed by atoms with Crippen LogP contribution in [0.25, 0.3) is 0 Å². The predicted molar refractivity (Wildman–Crippen MR) is 296 cm³/mol. The lowest BCUT2D eigenvalue weighted by atomic mass is 10.0. The van der Waals surface area contributed by atoms with Gasteiger partial charge in [0.05, 0.1) is 25.2 Å². The Labute approximate surface area is 419 Å². The van der Waals surface area contributed by atoms with E-state index in [1.165, 1.54) is 116 Å². The minimum Gasteiger partial charge on any atom is -0.462 e. The Balaban J connectivity index is 4.76. The standard InChI is InChI=1S/C62H103NO5/c1-4-7-10-13-16-19-22-25-28-30-33-36-39-42-45-48-51-54-60(65)59(57-64)63-61(66)56-58(53-50-47-44-41-38-35-32-27-24-21-18-15-12-9-6-3)68-62(67)55-52-49-46-43-40-37-34-31-29-26-23-20-17-14-11-8-5-2/h9,12,15,17-18,20-21,24,26-27,29,32,34-35,37-38,41,43-44,46,58-60,64-65H,4-8,10-11,13-14,16,19,22-23,25,28,30-31,33,36,39-40,42,45,47-57H2,1-3H3,(H,63,66)/b12-9-,18-15+,20-17-,24-21+,29-26-,32-27-,37-34-,38-35+,44-41+,46-43-. The Morgan fingerprint density at radius 2 is 0.868 bits per heavy atom. The number of allylic oxidation sites excluding steroid dienone is 20. The summed E-state index contributed by atoms with van der Waals surface area (Å²) in [6.45, 7) is 6.28. The SMILES string of the molecule is CC\C=C/C=C/C=C/C=C\C=C\C=C\CCCC(CC(=O)NC(CO)C(O)CCCCCCCCCCCCCCCCCCC)OC(=O)CCC/C=C\C/C=C\C/C=C\C/C=C\CCCCC. The number of esters is 1. The van der Waals surface area contributed by atoms with Crippen molar-refractivity contribution in [3.8, 4) is 0 Å². The number of amides is 1. The minimum absolute atomic E-state index is 0.00271. The number of aliphatic hydroxyl groups excluding tert-OH is 2. The molecule has 0 heterocycles. The summed E-state index contributed by atoms with van der Waals surface area (Å²) in [5.41, 5.74) is 0. The molecular formula is C62H103NO5. The number of hydrogen-bond donors (Lipinski definition) is 3. The van der Waals surface area contributed by atoms with E-state index in [9.17, 15) is 19.8 Å². The summed E-state index contributed by atoms with van der Waals surface area (Å²) in [6, 6.07) is -0.746. The van der Waals surface area contributed by atoms with Gasteiger partial charge in [-0.05, 0) is 77.0 Å². The molecule has 6 nitrogen and oxygen atoms in total. The second-order valence-corrected chi connectivity index (χ2v) is 18.4. The van der Waals surface area contributed by atoms with Crippen LogP contribution in [0.15, 0.2) is 122 Å². The molecule has 0 aliphatic rings. The van der Waals surface area contributed by atoms with Gasteiger partial charge in [-0.15, -0.1) is 0 Å². The molecule has 0 bridgehead atoms. The first kappa shape index (κ1) is 64.3. The first-order chi connectivity index (χ1) is 33.5. The summed E-state index contributed by atoms with van der Waals surface area (Å²) in [5, 5.41) is 23.8. The molecule has 0 aromatic carbocycles. The number of aliphatic hydroxyl groups is 2. The number of carbonyl (C=O) groups excluding carboxylic acids is 2. The summed E-state index contributed by atoms with van der Waals surface area (Å²) >= 11 is 0. The molecule has 3 atom stereocenters. The van der Waals surface area contributed by atoms with Gasteiger partial charge in [-0.2, -0.15) is 0 Å². The van der Waals surface area contributed by atoms with E-state index in [-0.39, 0.29) is 31.3 Å². The highest BCUT2D eigenvalue weighted by molar-refractivity contribution is 5.77. The van der Waals surface area contributed by atoms with Crippen molar-refractivity contribution in [1.82, 2.24) is 5.32 Å². The molecule has 386 valence electrons. The molecular weight excluding hydrogens is 839 g/mol. The molecule has 3 unspecified atom stereocenters. The van der Waals surface area contributed by atoms with Crippen molar-refractivity contribution in [3.05, 3.63) is 122 Å². The van der Waals surface area contributed by atoms with E-state index in [4.69, 9.17) is 4.74 Å². The Hall–Kier alpha value is -3.74. The van der Waals surface area contributed by atoms with Gasteiger partial charge < -0.3 is 20.3 Å². The van der Waals surface area contributed by atoms with Gasteiger partial charge in [-0.3, -0.25) is 9.59 Å². The largest absolute Gasteiger partial charge is 0.462 e. The van der Waals surface area contributed by atoms with Crippen molar-refractivity contribution in [2.45, 2.75) is 251 Å². The average Bonchev–Trinajstić information content (AvgIpc) is 3.33. The van der Waals surface area contributed by atoms with Gasteiger partial charge in [0, 0.05) is 6.42 Å². The number of carbonyl (C=O) groups is 2. The van der Waals surface area contributed by atoms with Gasteiger partial charge in [0.15, 0.2) is 0 Å². The first-order valence-corrected chi connectivity index (χ1v) is 27.8. The van der Waals surface area contributed by atoms with Crippen LogP contribution < -0.4 is 5.32 Å². The van der Waals surface area contributed by atoms with Crippen LogP contribution in [-0.4, -0.2) is 46.9 Å². The molecule has 3 N–H and O–H groups in total. The van der Waals surface area contributed by atoms with Crippen LogP contribution >= 0.6 is 0 Å². The van der Waals surface area contributed by atoms with Gasteiger partial charge >= 0.3 is 5.97 Å². The van der Waals surface area contributed by atoms with Gasteiger partial charge in [0.2, 0.25) is 5.91 Å². The van der Waals surface area contributed by atoms with Crippen LogP contribution in [0.5, 0.6) is 0 Å². The second-order valence-electron chi connectivity index (χ2n) is 18.4. The van der Waals surface area contributed by atoms with Crippen molar-refractivity contribution >= 4 is 11.9 Å². The molecule has 0 rings (SSSR count). The van der Waals surface area contributed by atoms with E-state index in [0.29, 0.717) is 19.3 Å². The zero-order chi connectivity index (χ0) is 49.5. The predicted octanol–water partition coefficient (Wildman–Crippen LogP) is 17.2. The van der Waals surface area contributed by atoms with E-state index in [1.807, 2.05) is 60.8 Å². The third-order valence-corrected chi connectivity index (χ3v) is 11.9. The summed E-state index contributed by atoms with van der Waals surface area (Å²) in [5.74, 6) is -0.625. The molecule has 0 aliphatic carbocycles. The molecule has 1 amide bonds. The lowest BCUT2D eigenvalue weighted by Gasteiger charge is -2.24. The first-order valence-electron chi connectivity index (χ1n) is 27.8. The summed E-state index contributed by atoms with van der Waals surface area (Å²) in [7, 11) is 0. The van der Waals surface area contributed by atoms with Crippen molar-refractivity contribution < 1.29 is 24.5 Å². The summed E-state index contributed by atoms with van der Waals surface area (Å²) in [6.07, 6.45) is 75.5. The number of rotatable bonds is 48. The summed E-state index contributed by atoms with van der Waals surface area (Å²) in [4.78, 5) is 26.2. The topological polar surface area (TPSA) is 95.9 Å². The molecule has 0 saturated heterocycles. The fraction of sp³-hybridized carbons (Fsp3) is 0.645. The van der Waals surface area contributed by atoms with Crippen LogP contribution in [0.2, 0.25) is 0 Å². The fourth-order valence-corrected chi connectivity index (χ4v) is 7.75. The smallest absolute Gasteiger partial charge is 0.306 e. The van der Waals surface area contributed by atoms with Crippen molar-refractivity contribution in [2.75, 3.05) is 6.61 Å². The van der Waals surface area contributed by atoms with Crippen LogP contribution in [0, 0.1) is 0 Å². The van der Waals surface area contributed by atoms with E-state index in [1.54, 1.807) is 0 Å². The molecule has 0 aromatic heterocycles. The number of nitrogens with one attached hydrogen (secondary N) is 1. The van der Waals surface area contributed by atoms with Crippen LogP contribution in [0.3, 0.4) is 0 Å². The molecule has 6 heteroatoms. The average molecular weight is 943 g/mol. The van der Waals surface area contributed by atoms with Gasteiger partial charge in [-0.1, -0.05) is 264 Å². The Morgan fingerprint density at radius 3 is 1.35 bits per heavy atom. The van der Waals surface area contributed by atoms with Crippen LogP contribution in [0.1, 0.15) is 233 Å². The van der Waals surface area contributed by atoms with E-state index >= 15 is 0 Å². The number of ether oxygens (including phenoxy) is 1. The van der Waals surface area contributed by atoms with Crippen LogP contribution in [-0.2, 0) is 14.3 Å². The second kappa shape index (κ2) is 54.2. The number of unbranched alkanes of at least 4 members (excludes halogenated alkanes) is 21. The van der Waals surface area contributed by atoms with Gasteiger partial charge in [0.1, 0.15) is 6.10 Å². The zero-order valence-corrected chi connectivity index (χ0v) is 43.9. The Bertz CT molecular complexity index is 1430. The normalized spacial score (nSPS) is 14.1. The third-order valence-electron chi connectivity index (χ3n) is 11.9. The molecule has 68 heavy (non-hydrogen) atoms. The highest BCUT2D eigenvalue weighted by atomic mass is 16.5. The maximum absolute atomic E-state index is 13.2. The molecule has 0 aromatic rings. The lowest BCUT2D eigenvalue weighted by molar-refractivity contribution is -0.151. The molecule has 0 saturated carbocycles. The maximum atomic E-state index is 13.2. The molecule has 0 aliphatic heterocycles. The highest BCUT2D eigenvalue weighted by Crippen LogP contribution is 2.17. The molecule has 0 fully saturated rings. The Kier molecular flexibility index (Phi) is 51.2. The van der Waals surface area contributed by atoms with E-state index in [0.717, 1.165) is 64.2 Å². The van der Waals surface area contributed by atoms with Crippen molar-refractivity contribution in [1.29, 1.82) is 0 Å². The monoisotopic (exact) mass is 942 g/mol. The minimum atomic E-state index is -0.826. The van der Waals surface area contributed by atoms with Gasteiger partial charge in [0.25, 0.3) is 0 Å². The number of hydrogen-bond acceptors (Lipinski definition) is 5. The van der Waals surface area contributed by atoms with Crippen molar-refractivity contribution in [3.63, 3.8) is 0 Å². The highest BCUT2D eigenvalue weighted by Gasteiger charge is 2.24. The van der Waals surface area contributed by atoms with Gasteiger partial charge in [-0.25, -0.2) is 0 Å². The summed E-state index contributed by atoms with van der Waals surface area (Å²) < 4.78 is 5.88. The maximum Gasteiger partial charge on any atom is 0.306 e. The molecule has 0 radical (unpaired) electrons. The van der Waals surface area contributed by atoms with E-state index < -0.39 is 18.2 Å². The quantitative estimate of drug-likeness (QED) is 0.0244. The zero-order valence-electron chi connectivity index (χ0n) is 43.9. The third kappa shape index (κ3) is 48.7. The van der Waals surface area contributed by atoms with Crippen molar-refractivity contribution in [2.24, 2.45) is 0 Å². The molecule has 0 spiro atoms. The fourth-order valence-electron chi connectivity index (χ4n) is 7.75. The van der Waals surface area contributed by atoms with E-state index in [2.05, 4.69) is 86.8 Å².